The van der Waals surface area contributed by atoms with Gasteiger partial charge in [0.1, 0.15) is 11.3 Å². The number of hydrogen-bond acceptors (Lipinski definition) is 6. The number of esters is 1. The molecule has 7 heteroatoms. The number of nitrogens with zero attached hydrogens (tertiary/aromatic N) is 1. The Morgan fingerprint density at radius 3 is 2.72 bits per heavy atom. The molecule has 0 spiro atoms. The van der Waals surface area contributed by atoms with E-state index in [9.17, 15) is 4.79 Å². The van der Waals surface area contributed by atoms with E-state index in [4.69, 9.17) is 18.9 Å². The van der Waals surface area contributed by atoms with Crippen molar-refractivity contribution in [3.05, 3.63) is 52.7 Å². The standard InChI is InChI=1S/C22H22N2O5/c1-26-12-4-6-16-15(10-12)13-8-9-24(11-17(13)23-16)21-14-5-7-18(27-2)20(28-3)19(14)22(25)29-21/h4-7,10,21,23H,8-9,11H2,1-3H3/t21-/m1/s1. The minimum Gasteiger partial charge on any atom is -0.497 e. The van der Waals surface area contributed by atoms with Crippen molar-refractivity contribution >= 4 is 16.9 Å². The second-order valence-corrected chi connectivity index (χ2v) is 7.24. The molecule has 3 heterocycles. The second kappa shape index (κ2) is 6.70. The lowest BCUT2D eigenvalue weighted by molar-refractivity contribution is -0.0295. The number of cyclic esters (lactones) is 1. The zero-order valence-electron chi connectivity index (χ0n) is 16.6. The minimum absolute atomic E-state index is 0.382. The summed E-state index contributed by atoms with van der Waals surface area (Å²) in [5.41, 5.74) is 4.79. The molecule has 1 aromatic heterocycles. The summed E-state index contributed by atoms with van der Waals surface area (Å²) in [7, 11) is 4.76. The van der Waals surface area contributed by atoms with E-state index in [0.717, 1.165) is 35.5 Å². The molecule has 1 atom stereocenters. The Labute approximate surface area is 168 Å². The topological polar surface area (TPSA) is 73.0 Å². The van der Waals surface area contributed by atoms with E-state index in [1.54, 1.807) is 14.2 Å². The number of aromatic nitrogens is 1. The molecule has 29 heavy (non-hydrogen) atoms. The maximum Gasteiger partial charge on any atom is 0.344 e. The molecule has 0 unspecified atom stereocenters. The summed E-state index contributed by atoms with van der Waals surface area (Å²) in [6.45, 7) is 1.45. The maximum absolute atomic E-state index is 12.6. The van der Waals surface area contributed by atoms with Crippen molar-refractivity contribution in [2.24, 2.45) is 0 Å². The van der Waals surface area contributed by atoms with E-state index in [-0.39, 0.29) is 5.97 Å². The molecular weight excluding hydrogens is 372 g/mol. The van der Waals surface area contributed by atoms with Crippen LogP contribution in [0, 0.1) is 0 Å². The van der Waals surface area contributed by atoms with Gasteiger partial charge in [-0.05, 0) is 42.3 Å². The number of carbonyl (C=O) groups excluding carboxylic acids is 1. The minimum atomic E-state index is -0.439. The van der Waals surface area contributed by atoms with E-state index in [2.05, 4.69) is 16.0 Å². The number of aromatic amines is 1. The van der Waals surface area contributed by atoms with Crippen LogP contribution < -0.4 is 14.2 Å². The van der Waals surface area contributed by atoms with Crippen molar-refractivity contribution in [2.75, 3.05) is 27.9 Å². The highest BCUT2D eigenvalue weighted by molar-refractivity contribution is 5.98. The van der Waals surface area contributed by atoms with E-state index in [0.29, 0.717) is 23.6 Å². The molecule has 5 rings (SSSR count). The third kappa shape index (κ3) is 2.65. The predicted octanol–water partition coefficient (Wildman–Crippen LogP) is 3.42. The van der Waals surface area contributed by atoms with Gasteiger partial charge in [0.25, 0.3) is 0 Å². The average Bonchev–Trinajstić information content (AvgIpc) is 3.29. The Hall–Kier alpha value is -3.19. The summed E-state index contributed by atoms with van der Waals surface area (Å²) in [5.74, 6) is 1.41. The lowest BCUT2D eigenvalue weighted by Crippen LogP contribution is -2.34. The van der Waals surface area contributed by atoms with Crippen LogP contribution in [-0.2, 0) is 17.7 Å². The van der Waals surface area contributed by atoms with Gasteiger partial charge in [-0.15, -0.1) is 0 Å². The molecule has 2 aromatic carbocycles. The van der Waals surface area contributed by atoms with Gasteiger partial charge in [-0.2, -0.15) is 0 Å². The van der Waals surface area contributed by atoms with Gasteiger partial charge in [-0.25, -0.2) is 4.79 Å². The van der Waals surface area contributed by atoms with Crippen molar-refractivity contribution in [1.82, 2.24) is 9.88 Å². The lowest BCUT2D eigenvalue weighted by atomic mass is 10.0. The monoisotopic (exact) mass is 394 g/mol. The molecule has 0 saturated heterocycles. The quantitative estimate of drug-likeness (QED) is 0.684. The molecule has 3 aromatic rings. The molecule has 0 aliphatic carbocycles. The largest absolute Gasteiger partial charge is 0.497 e. The molecule has 7 nitrogen and oxygen atoms in total. The van der Waals surface area contributed by atoms with Crippen molar-refractivity contribution in [1.29, 1.82) is 0 Å². The fourth-order valence-corrected chi connectivity index (χ4v) is 4.42. The second-order valence-electron chi connectivity index (χ2n) is 7.24. The number of benzene rings is 2. The number of ether oxygens (including phenoxy) is 4. The number of rotatable bonds is 4. The lowest BCUT2D eigenvalue weighted by Gasteiger charge is -2.31. The Kier molecular flexibility index (Phi) is 4.13. The van der Waals surface area contributed by atoms with E-state index >= 15 is 0 Å². The van der Waals surface area contributed by atoms with Crippen LogP contribution in [0.25, 0.3) is 10.9 Å². The average molecular weight is 394 g/mol. The Morgan fingerprint density at radius 2 is 1.97 bits per heavy atom. The smallest absolute Gasteiger partial charge is 0.344 e. The summed E-state index contributed by atoms with van der Waals surface area (Å²) in [5, 5.41) is 1.19. The van der Waals surface area contributed by atoms with Gasteiger partial charge in [0, 0.05) is 35.2 Å². The molecule has 0 radical (unpaired) electrons. The number of carbonyl (C=O) groups is 1. The fraction of sp³-hybridized carbons (Fsp3) is 0.318. The van der Waals surface area contributed by atoms with Crippen molar-refractivity contribution in [2.45, 2.75) is 19.2 Å². The first kappa shape index (κ1) is 17.9. The number of nitrogens with one attached hydrogen (secondary N) is 1. The normalized spacial score (nSPS) is 18.3. The van der Waals surface area contributed by atoms with Crippen LogP contribution in [0.4, 0.5) is 0 Å². The summed E-state index contributed by atoms with van der Waals surface area (Å²) in [6.07, 6.45) is 0.422. The first-order valence-corrected chi connectivity index (χ1v) is 9.52. The molecule has 2 aliphatic heterocycles. The Bertz CT molecular complexity index is 1120. The fourth-order valence-electron chi connectivity index (χ4n) is 4.42. The van der Waals surface area contributed by atoms with E-state index < -0.39 is 6.23 Å². The highest BCUT2D eigenvalue weighted by atomic mass is 16.6. The van der Waals surface area contributed by atoms with Gasteiger partial charge in [-0.3, -0.25) is 4.90 Å². The molecule has 0 bridgehead atoms. The number of hydrogen-bond donors (Lipinski definition) is 1. The zero-order valence-corrected chi connectivity index (χ0v) is 16.6. The van der Waals surface area contributed by atoms with Gasteiger partial charge < -0.3 is 23.9 Å². The molecule has 1 N–H and O–H groups in total. The molecule has 0 fully saturated rings. The third-order valence-electron chi connectivity index (χ3n) is 5.81. The van der Waals surface area contributed by atoms with Crippen molar-refractivity contribution < 1.29 is 23.7 Å². The number of fused-ring (bicyclic) bond motifs is 4. The van der Waals surface area contributed by atoms with Gasteiger partial charge in [0.05, 0.1) is 21.3 Å². The first-order valence-electron chi connectivity index (χ1n) is 9.52. The molecule has 0 saturated carbocycles. The first-order chi connectivity index (χ1) is 14.1. The molecule has 0 amide bonds. The third-order valence-corrected chi connectivity index (χ3v) is 5.81. The van der Waals surface area contributed by atoms with Crippen molar-refractivity contribution in [3.8, 4) is 17.2 Å². The Balaban J connectivity index is 1.50. The molecule has 150 valence electrons. The van der Waals surface area contributed by atoms with Crippen LogP contribution in [-0.4, -0.2) is 43.7 Å². The van der Waals surface area contributed by atoms with Gasteiger partial charge >= 0.3 is 5.97 Å². The van der Waals surface area contributed by atoms with Crippen LogP contribution in [0.15, 0.2) is 30.3 Å². The van der Waals surface area contributed by atoms with Crippen molar-refractivity contribution in [3.63, 3.8) is 0 Å². The van der Waals surface area contributed by atoms with E-state index in [1.807, 2.05) is 24.3 Å². The summed E-state index contributed by atoms with van der Waals surface area (Å²) >= 11 is 0. The highest BCUT2D eigenvalue weighted by Crippen LogP contribution is 2.44. The number of methoxy groups -OCH3 is 3. The van der Waals surface area contributed by atoms with Crippen LogP contribution >= 0.6 is 0 Å². The molecule has 2 aliphatic rings. The predicted molar refractivity (Wildman–Crippen MR) is 107 cm³/mol. The van der Waals surface area contributed by atoms with Crippen LogP contribution in [0.5, 0.6) is 17.2 Å². The van der Waals surface area contributed by atoms with Gasteiger partial charge in [0.2, 0.25) is 0 Å². The Morgan fingerprint density at radius 1 is 1.10 bits per heavy atom. The SMILES string of the molecule is COc1ccc2[nH]c3c(c2c1)CCN([C@@H]1OC(=O)c2c1ccc(OC)c2OC)C3. The van der Waals surface area contributed by atoms with E-state index in [1.165, 1.54) is 18.1 Å². The van der Waals surface area contributed by atoms with Crippen LogP contribution in [0.1, 0.15) is 33.4 Å². The van der Waals surface area contributed by atoms with Gasteiger partial charge in [0.15, 0.2) is 17.7 Å². The number of H-pyrrole nitrogens is 1. The summed E-state index contributed by atoms with van der Waals surface area (Å²) in [4.78, 5) is 18.3. The zero-order chi connectivity index (χ0) is 20.1. The summed E-state index contributed by atoms with van der Waals surface area (Å²) < 4.78 is 21.9. The maximum atomic E-state index is 12.6. The van der Waals surface area contributed by atoms with Crippen LogP contribution in [0.3, 0.4) is 0 Å². The highest BCUT2D eigenvalue weighted by Gasteiger charge is 2.40. The molecular formula is C22H22N2O5. The summed E-state index contributed by atoms with van der Waals surface area (Å²) in [6, 6.07) is 9.77. The van der Waals surface area contributed by atoms with Gasteiger partial charge in [-0.1, -0.05) is 0 Å². The van der Waals surface area contributed by atoms with Crippen LogP contribution in [0.2, 0.25) is 0 Å².